The van der Waals surface area contributed by atoms with Gasteiger partial charge in [-0.1, -0.05) is 78.9 Å². The zero-order valence-electron chi connectivity index (χ0n) is 15.7. The Kier molecular flexibility index (Phi) is 2.74. The van der Waals surface area contributed by atoms with Crippen molar-refractivity contribution in [2.24, 2.45) is 0 Å². The number of hydrogen-bond acceptors (Lipinski definition) is 1. The molecule has 1 nitrogen and oxygen atoms in total. The Morgan fingerprint density at radius 3 is 2.31 bits per heavy atom. The molecular weight excluding hydrogens is 352 g/mol. The number of Topliss-reactive ketones (excluding diaryl/α,β-unsaturated/α-hetero) is 1. The highest BCUT2D eigenvalue weighted by Crippen LogP contribution is 2.40. The second-order valence-corrected chi connectivity index (χ2v) is 8.01. The third-order valence-electron chi connectivity index (χ3n) is 6.57. The van der Waals surface area contributed by atoms with Gasteiger partial charge in [0.15, 0.2) is 5.78 Å². The average Bonchev–Trinajstić information content (AvgIpc) is 2.77. The highest BCUT2D eigenvalue weighted by atomic mass is 16.1. The topological polar surface area (TPSA) is 17.1 Å². The smallest absolute Gasteiger partial charge is 0.167 e. The highest BCUT2D eigenvalue weighted by Gasteiger charge is 2.20. The van der Waals surface area contributed by atoms with Gasteiger partial charge < -0.3 is 0 Å². The quantitative estimate of drug-likeness (QED) is 0.220. The van der Waals surface area contributed by atoms with E-state index in [0.717, 1.165) is 10.9 Å². The van der Waals surface area contributed by atoms with Crippen LogP contribution in [0.5, 0.6) is 0 Å². The molecule has 1 aliphatic carbocycles. The highest BCUT2D eigenvalue weighted by molar-refractivity contribution is 6.34. The van der Waals surface area contributed by atoms with E-state index in [1.807, 2.05) is 12.1 Å². The maximum Gasteiger partial charge on any atom is 0.167 e. The van der Waals surface area contributed by atoms with Gasteiger partial charge in [0.2, 0.25) is 0 Å². The van der Waals surface area contributed by atoms with E-state index in [0.29, 0.717) is 6.42 Å². The molecule has 0 aromatic heterocycles. The van der Waals surface area contributed by atoms with Gasteiger partial charge in [-0.25, -0.2) is 0 Å². The Balaban J connectivity index is 1.91. The number of benzene rings is 6. The Morgan fingerprint density at radius 2 is 1.34 bits per heavy atom. The van der Waals surface area contributed by atoms with Crippen LogP contribution in [0.15, 0.2) is 78.9 Å². The van der Waals surface area contributed by atoms with Gasteiger partial charge in [0.25, 0.3) is 0 Å². The van der Waals surface area contributed by atoms with E-state index in [1.165, 1.54) is 53.7 Å². The lowest BCUT2D eigenvalue weighted by atomic mass is 9.84. The summed E-state index contributed by atoms with van der Waals surface area (Å²) < 4.78 is 0. The van der Waals surface area contributed by atoms with Crippen molar-refractivity contribution in [3.8, 4) is 0 Å². The van der Waals surface area contributed by atoms with Crippen LogP contribution in [0.3, 0.4) is 0 Å². The van der Waals surface area contributed by atoms with Crippen LogP contribution in [0, 0.1) is 0 Å². The van der Waals surface area contributed by atoms with Crippen molar-refractivity contribution in [2.75, 3.05) is 0 Å². The molecule has 0 saturated heterocycles. The number of hydrogen-bond donors (Lipinski definition) is 0. The largest absolute Gasteiger partial charge is 0.294 e. The van der Waals surface area contributed by atoms with E-state index < -0.39 is 0 Å². The summed E-state index contributed by atoms with van der Waals surface area (Å²) >= 11 is 0. The van der Waals surface area contributed by atoms with Crippen molar-refractivity contribution in [3.05, 3.63) is 89.6 Å². The molecule has 7 rings (SSSR count). The average molecular weight is 368 g/mol. The van der Waals surface area contributed by atoms with Crippen molar-refractivity contribution < 1.29 is 4.79 Å². The van der Waals surface area contributed by atoms with Gasteiger partial charge in [0.1, 0.15) is 0 Å². The van der Waals surface area contributed by atoms with Crippen LogP contribution in [0.2, 0.25) is 0 Å². The van der Waals surface area contributed by atoms with Crippen molar-refractivity contribution in [1.82, 2.24) is 0 Å². The van der Waals surface area contributed by atoms with Crippen LogP contribution in [-0.2, 0) is 0 Å². The first-order valence-corrected chi connectivity index (χ1v) is 10.1. The molecule has 0 heterocycles. The molecule has 134 valence electrons. The molecule has 29 heavy (non-hydrogen) atoms. The van der Waals surface area contributed by atoms with Crippen molar-refractivity contribution >= 4 is 65.7 Å². The van der Waals surface area contributed by atoms with Gasteiger partial charge in [-0.15, -0.1) is 0 Å². The molecule has 0 amide bonds. The zero-order chi connectivity index (χ0) is 19.1. The van der Waals surface area contributed by atoms with Gasteiger partial charge >= 0.3 is 0 Å². The molecule has 1 heteroatoms. The number of fused-ring (bicyclic) bond motifs is 6. The molecule has 0 unspecified atom stereocenters. The third kappa shape index (κ3) is 1.83. The Labute approximate surface area is 166 Å². The van der Waals surface area contributed by atoms with Crippen molar-refractivity contribution in [2.45, 2.75) is 6.42 Å². The molecule has 0 aliphatic heterocycles. The summed E-state index contributed by atoms with van der Waals surface area (Å²) in [5.74, 6) is 0.215. The lowest BCUT2D eigenvalue weighted by Gasteiger charge is -2.18. The van der Waals surface area contributed by atoms with Gasteiger partial charge in [0.05, 0.1) is 0 Å². The van der Waals surface area contributed by atoms with Crippen LogP contribution >= 0.6 is 0 Å². The first-order chi connectivity index (χ1) is 14.3. The molecular formula is C28H16O. The summed E-state index contributed by atoms with van der Waals surface area (Å²) in [7, 11) is 0. The number of rotatable bonds is 0. The molecule has 0 radical (unpaired) electrons. The number of ketones is 1. The van der Waals surface area contributed by atoms with Crippen LogP contribution in [0.1, 0.15) is 16.8 Å². The predicted molar refractivity (Wildman–Crippen MR) is 123 cm³/mol. The summed E-state index contributed by atoms with van der Waals surface area (Å²) in [6.45, 7) is 0. The minimum Gasteiger partial charge on any atom is -0.294 e. The molecule has 6 aromatic carbocycles. The van der Waals surface area contributed by atoms with E-state index in [2.05, 4.69) is 72.8 Å². The van der Waals surface area contributed by atoms with Crippen LogP contribution in [0.25, 0.3) is 59.9 Å². The van der Waals surface area contributed by atoms with Gasteiger partial charge in [-0.3, -0.25) is 4.79 Å². The normalized spacial score (nSPS) is 13.7. The fraction of sp³-hybridized carbons (Fsp3) is 0.0357. The molecule has 0 spiro atoms. The summed E-state index contributed by atoms with van der Waals surface area (Å²) in [5.41, 5.74) is 0.862. The number of carbonyl (C=O) groups excluding carboxylic acids is 1. The van der Waals surface area contributed by atoms with Crippen LogP contribution in [0.4, 0.5) is 0 Å². The molecule has 0 N–H and O–H groups in total. The fourth-order valence-electron chi connectivity index (χ4n) is 5.37. The van der Waals surface area contributed by atoms with Crippen LogP contribution < -0.4 is 5.22 Å². The van der Waals surface area contributed by atoms with Crippen molar-refractivity contribution in [1.29, 1.82) is 0 Å². The standard InChI is InChI=1S/C28H16O/c29-25-14-13-20-19-8-3-6-17-15-24-18-7-2-1-5-16(18)11-12-21(24)28(26(17)19)23-10-4-9-22(25)27(20)23/h1-13,15H,14H2. The van der Waals surface area contributed by atoms with E-state index in [1.54, 1.807) is 0 Å². The molecule has 0 atom stereocenters. The van der Waals surface area contributed by atoms with Crippen molar-refractivity contribution in [3.63, 3.8) is 0 Å². The first kappa shape index (κ1) is 15.2. The molecule has 0 saturated carbocycles. The Hall–Kier alpha value is -3.71. The van der Waals surface area contributed by atoms with E-state index in [4.69, 9.17) is 0 Å². The molecule has 1 aliphatic rings. The zero-order valence-corrected chi connectivity index (χ0v) is 15.7. The van der Waals surface area contributed by atoms with Gasteiger partial charge in [-0.2, -0.15) is 0 Å². The van der Waals surface area contributed by atoms with Gasteiger partial charge in [-0.05, 0) is 59.8 Å². The fourth-order valence-corrected chi connectivity index (χ4v) is 5.37. The maximum atomic E-state index is 12.7. The van der Waals surface area contributed by atoms with Gasteiger partial charge in [0, 0.05) is 17.4 Å². The molecule has 0 fully saturated rings. The lowest BCUT2D eigenvalue weighted by molar-refractivity contribution is 0.1000. The second kappa shape index (κ2) is 5.21. The number of carbonyl (C=O) groups is 1. The lowest BCUT2D eigenvalue weighted by Crippen LogP contribution is -2.16. The maximum absolute atomic E-state index is 12.7. The third-order valence-corrected chi connectivity index (χ3v) is 6.57. The van der Waals surface area contributed by atoms with E-state index in [9.17, 15) is 4.79 Å². The van der Waals surface area contributed by atoms with E-state index >= 15 is 0 Å². The summed E-state index contributed by atoms with van der Waals surface area (Å²) in [4.78, 5) is 12.7. The summed E-state index contributed by atoms with van der Waals surface area (Å²) in [5, 5.41) is 13.7. The van der Waals surface area contributed by atoms with E-state index in [-0.39, 0.29) is 5.78 Å². The minimum atomic E-state index is 0.215. The second-order valence-electron chi connectivity index (χ2n) is 8.01. The predicted octanol–water partition coefficient (Wildman–Crippen LogP) is 6.54. The SMILES string of the molecule is O=C1CC=c2c3cccc4cc5c6ccccc6ccc5c(c5cccc1c25)c43. The first-order valence-electron chi connectivity index (χ1n) is 10.1. The summed E-state index contributed by atoms with van der Waals surface area (Å²) in [6.07, 6.45) is 2.60. The molecule has 6 aromatic rings. The minimum absolute atomic E-state index is 0.215. The Morgan fingerprint density at radius 1 is 0.552 bits per heavy atom. The summed E-state index contributed by atoms with van der Waals surface area (Å²) in [6, 6.07) is 28.2. The molecule has 0 bridgehead atoms. The van der Waals surface area contributed by atoms with Crippen LogP contribution in [-0.4, -0.2) is 5.78 Å². The Bertz CT molecular complexity index is 1740. The monoisotopic (exact) mass is 368 g/mol.